The minimum atomic E-state index is -1.11. The Morgan fingerprint density at radius 2 is 1.21 bits per heavy atom. The molecule has 1 atom stereocenters. The number of amides is 2. The van der Waals surface area contributed by atoms with Gasteiger partial charge in [-0.05, 0) is 60.7 Å². The monoisotopic (exact) mass is 408 g/mol. The van der Waals surface area contributed by atoms with Gasteiger partial charge in [-0.15, -0.1) is 0 Å². The normalized spacial score (nSPS) is 11.4. The minimum Gasteiger partial charge on any atom is -0.497 e. The maximum Gasteiger partial charge on any atom is 0.255 e. The van der Waals surface area contributed by atoms with Crippen molar-refractivity contribution in [1.82, 2.24) is 0 Å². The van der Waals surface area contributed by atoms with Crippen molar-refractivity contribution < 1.29 is 18.5 Å². The van der Waals surface area contributed by atoms with Gasteiger partial charge in [0.25, 0.3) is 11.8 Å². The summed E-state index contributed by atoms with van der Waals surface area (Å²) < 4.78 is 16.6. The van der Waals surface area contributed by atoms with Gasteiger partial charge in [0.15, 0.2) is 0 Å². The fourth-order valence-corrected chi connectivity index (χ4v) is 3.15. The lowest BCUT2D eigenvalue weighted by Crippen LogP contribution is -2.16. The Bertz CT molecular complexity index is 1050. The van der Waals surface area contributed by atoms with Crippen molar-refractivity contribution in [3.05, 3.63) is 83.9 Å². The molecule has 2 amide bonds. The molecular formula is C22H20N2O4S. The van der Waals surface area contributed by atoms with Crippen molar-refractivity contribution in [2.75, 3.05) is 24.0 Å². The Hall–Kier alpha value is -3.45. The number of nitrogens with one attached hydrogen (secondary N) is 2. The third-order valence-electron chi connectivity index (χ3n) is 4.22. The first-order valence-electron chi connectivity index (χ1n) is 8.77. The third-order valence-corrected chi connectivity index (χ3v) is 5.16. The standard InChI is InChI=1S/C22H20N2O4S/c1-28-17-11-7-15(8-12-17)21(25)23-19-5-3-4-6-20(19)24-22(26)16-9-13-18(14-10-16)29(2)27/h3-14H,1-2H3,(H,23,25)(H,24,26). The highest BCUT2D eigenvalue weighted by Crippen LogP contribution is 2.23. The Morgan fingerprint density at radius 1 is 0.759 bits per heavy atom. The SMILES string of the molecule is COc1ccc(C(=O)Nc2ccccc2NC(=O)c2ccc(S(C)=O)cc2)cc1. The number of hydrogen-bond acceptors (Lipinski definition) is 4. The van der Waals surface area contributed by atoms with Crippen LogP contribution in [0, 0.1) is 0 Å². The van der Waals surface area contributed by atoms with Gasteiger partial charge in [-0.1, -0.05) is 12.1 Å². The molecule has 1 unspecified atom stereocenters. The molecule has 29 heavy (non-hydrogen) atoms. The van der Waals surface area contributed by atoms with E-state index in [9.17, 15) is 13.8 Å². The number of benzene rings is 3. The number of anilines is 2. The third kappa shape index (κ3) is 5.08. The van der Waals surface area contributed by atoms with Crippen LogP contribution in [0.15, 0.2) is 77.7 Å². The molecule has 0 saturated heterocycles. The van der Waals surface area contributed by atoms with Gasteiger partial charge in [0, 0.05) is 33.1 Å². The molecule has 0 radical (unpaired) electrons. The first-order chi connectivity index (χ1) is 14.0. The second-order valence-electron chi connectivity index (χ2n) is 6.16. The fraction of sp³-hybridized carbons (Fsp3) is 0.0909. The van der Waals surface area contributed by atoms with Crippen LogP contribution >= 0.6 is 0 Å². The van der Waals surface area contributed by atoms with Crippen molar-refractivity contribution in [3.63, 3.8) is 0 Å². The van der Waals surface area contributed by atoms with Gasteiger partial charge in [-0.3, -0.25) is 13.8 Å². The molecule has 0 aliphatic rings. The first kappa shape index (κ1) is 20.3. The van der Waals surface area contributed by atoms with Crippen molar-refractivity contribution in [2.24, 2.45) is 0 Å². The Morgan fingerprint density at radius 3 is 1.62 bits per heavy atom. The zero-order valence-corrected chi connectivity index (χ0v) is 16.8. The Balaban J connectivity index is 1.75. The van der Waals surface area contributed by atoms with E-state index in [0.29, 0.717) is 33.1 Å². The number of rotatable bonds is 6. The maximum absolute atomic E-state index is 12.6. The Labute approximate surface area is 171 Å². The highest BCUT2D eigenvalue weighted by atomic mass is 32.2. The Kier molecular flexibility index (Phi) is 6.41. The zero-order chi connectivity index (χ0) is 20.8. The van der Waals surface area contributed by atoms with E-state index in [0.717, 1.165) is 0 Å². The van der Waals surface area contributed by atoms with E-state index in [2.05, 4.69) is 10.6 Å². The number of carbonyl (C=O) groups excluding carboxylic acids is 2. The van der Waals surface area contributed by atoms with Gasteiger partial charge < -0.3 is 15.4 Å². The van der Waals surface area contributed by atoms with Crippen molar-refractivity contribution in [2.45, 2.75) is 4.90 Å². The smallest absolute Gasteiger partial charge is 0.255 e. The second-order valence-corrected chi connectivity index (χ2v) is 7.54. The summed E-state index contributed by atoms with van der Waals surface area (Å²) in [6.45, 7) is 0. The maximum atomic E-state index is 12.6. The van der Waals surface area contributed by atoms with Crippen LogP contribution in [0.1, 0.15) is 20.7 Å². The van der Waals surface area contributed by atoms with Crippen molar-refractivity contribution in [1.29, 1.82) is 0 Å². The average molecular weight is 408 g/mol. The van der Waals surface area contributed by atoms with E-state index in [-0.39, 0.29) is 11.8 Å². The van der Waals surface area contributed by atoms with Gasteiger partial charge in [-0.2, -0.15) is 0 Å². The molecule has 3 rings (SSSR count). The molecule has 0 saturated carbocycles. The van der Waals surface area contributed by atoms with Crippen molar-refractivity contribution in [3.8, 4) is 5.75 Å². The molecular weight excluding hydrogens is 388 g/mol. The average Bonchev–Trinajstić information content (AvgIpc) is 2.75. The summed E-state index contributed by atoms with van der Waals surface area (Å²) in [5.74, 6) is 0.0286. The molecule has 148 valence electrons. The number of ether oxygens (including phenoxy) is 1. The predicted molar refractivity (Wildman–Crippen MR) is 114 cm³/mol. The van der Waals surface area contributed by atoms with E-state index in [1.807, 2.05) is 0 Å². The van der Waals surface area contributed by atoms with E-state index >= 15 is 0 Å². The van der Waals surface area contributed by atoms with Gasteiger partial charge in [0.05, 0.1) is 18.5 Å². The summed E-state index contributed by atoms with van der Waals surface area (Å²) in [7, 11) is 0.452. The van der Waals surface area contributed by atoms with Gasteiger partial charge in [-0.25, -0.2) is 0 Å². The lowest BCUT2D eigenvalue weighted by Gasteiger charge is -2.13. The van der Waals surface area contributed by atoms with E-state index in [4.69, 9.17) is 4.74 Å². The molecule has 7 heteroatoms. The summed E-state index contributed by atoms with van der Waals surface area (Å²) in [5.41, 5.74) is 1.85. The molecule has 3 aromatic rings. The van der Waals surface area contributed by atoms with Crippen LogP contribution in [0.5, 0.6) is 5.75 Å². The minimum absolute atomic E-state index is 0.302. The van der Waals surface area contributed by atoms with Crippen LogP contribution in [0.4, 0.5) is 11.4 Å². The molecule has 0 bridgehead atoms. The topological polar surface area (TPSA) is 84.5 Å². The molecule has 0 aliphatic heterocycles. The van der Waals surface area contributed by atoms with Crippen LogP contribution in [0.3, 0.4) is 0 Å². The number of carbonyl (C=O) groups is 2. The molecule has 3 aromatic carbocycles. The lowest BCUT2D eigenvalue weighted by molar-refractivity contribution is 0.101. The lowest BCUT2D eigenvalue weighted by atomic mass is 10.1. The van der Waals surface area contributed by atoms with Crippen LogP contribution < -0.4 is 15.4 Å². The zero-order valence-electron chi connectivity index (χ0n) is 16.0. The molecule has 0 spiro atoms. The predicted octanol–water partition coefficient (Wildman–Crippen LogP) is 3.94. The summed E-state index contributed by atoms with van der Waals surface area (Å²) in [5, 5.41) is 5.61. The number of hydrogen-bond donors (Lipinski definition) is 2. The van der Waals surface area contributed by atoms with Crippen LogP contribution in [0.25, 0.3) is 0 Å². The quantitative estimate of drug-likeness (QED) is 0.647. The molecule has 0 aliphatic carbocycles. The van der Waals surface area contributed by atoms with Crippen molar-refractivity contribution >= 4 is 34.0 Å². The van der Waals surface area contributed by atoms with E-state index < -0.39 is 10.8 Å². The highest BCUT2D eigenvalue weighted by molar-refractivity contribution is 7.84. The second kappa shape index (κ2) is 9.16. The van der Waals surface area contributed by atoms with Crippen LogP contribution in [0.2, 0.25) is 0 Å². The number of para-hydroxylation sites is 2. The largest absolute Gasteiger partial charge is 0.497 e. The van der Waals surface area contributed by atoms with E-state index in [1.165, 1.54) is 0 Å². The van der Waals surface area contributed by atoms with Gasteiger partial charge in [0.2, 0.25) is 0 Å². The molecule has 0 fully saturated rings. The summed E-state index contributed by atoms with van der Waals surface area (Å²) in [6.07, 6.45) is 1.58. The number of methoxy groups -OCH3 is 1. The molecule has 6 nitrogen and oxygen atoms in total. The molecule has 0 aromatic heterocycles. The summed E-state index contributed by atoms with van der Waals surface area (Å²) >= 11 is 0. The summed E-state index contributed by atoms with van der Waals surface area (Å²) in [6, 6.07) is 20.2. The van der Waals surface area contributed by atoms with Gasteiger partial charge in [0.1, 0.15) is 5.75 Å². The molecule has 2 N–H and O–H groups in total. The fourth-order valence-electron chi connectivity index (χ4n) is 2.63. The molecule has 0 heterocycles. The highest BCUT2D eigenvalue weighted by Gasteiger charge is 2.12. The van der Waals surface area contributed by atoms with Crippen LogP contribution in [-0.2, 0) is 10.8 Å². The summed E-state index contributed by atoms with van der Waals surface area (Å²) in [4.78, 5) is 25.7. The van der Waals surface area contributed by atoms with E-state index in [1.54, 1.807) is 86.2 Å². The van der Waals surface area contributed by atoms with Gasteiger partial charge >= 0.3 is 0 Å². The first-order valence-corrected chi connectivity index (χ1v) is 10.3. The van der Waals surface area contributed by atoms with Crippen LogP contribution in [-0.4, -0.2) is 29.4 Å².